The molecule has 0 N–H and O–H groups in total. The molecule has 0 unspecified atom stereocenters. The summed E-state index contributed by atoms with van der Waals surface area (Å²) in [6, 6.07) is 0. The quantitative estimate of drug-likeness (QED) is 0.195. The molecule has 0 radical (unpaired) electrons. The van der Waals surface area contributed by atoms with Gasteiger partial charge >= 0.3 is 142 Å². The number of unbranched alkanes of at least 4 members (excludes halogenated alkanes) is 6. The Morgan fingerprint density at radius 1 is 0.818 bits per heavy atom. The van der Waals surface area contributed by atoms with E-state index in [0.717, 1.165) is 0 Å². The number of carbonyl (C=O) groups is 1. The molecule has 0 fully saturated rings. The van der Waals surface area contributed by atoms with E-state index in [2.05, 4.69) is 27.4 Å². The van der Waals surface area contributed by atoms with E-state index in [1.807, 2.05) is 0 Å². The average molecular weight is 371 g/mol. The molecule has 0 aromatic rings. The molecule has 0 rings (SSSR count). The van der Waals surface area contributed by atoms with Gasteiger partial charge in [-0.15, -0.1) is 0 Å². The van der Waals surface area contributed by atoms with Gasteiger partial charge in [-0.3, -0.25) is 0 Å². The Morgan fingerprint density at radius 3 is 1.45 bits per heavy atom. The molecule has 130 valence electrons. The van der Waals surface area contributed by atoms with Crippen LogP contribution in [0, 0.1) is 0 Å². The van der Waals surface area contributed by atoms with Gasteiger partial charge in [0.2, 0.25) is 0 Å². The molecule has 0 aromatic heterocycles. The molecule has 0 aliphatic heterocycles. The van der Waals surface area contributed by atoms with Gasteiger partial charge in [0.05, 0.1) is 0 Å². The molecule has 2 nitrogen and oxygen atoms in total. The van der Waals surface area contributed by atoms with Gasteiger partial charge in [-0.2, -0.15) is 0 Å². The predicted molar refractivity (Wildman–Crippen MR) is 99.7 cm³/mol. The van der Waals surface area contributed by atoms with Gasteiger partial charge in [0.25, 0.3) is 0 Å². The van der Waals surface area contributed by atoms with Crippen LogP contribution in [0.2, 0.25) is 15.8 Å². The average Bonchev–Trinajstić information content (AvgIpc) is 2.48. The summed E-state index contributed by atoms with van der Waals surface area (Å²) in [5, 5.41) is 3.58. The van der Waals surface area contributed by atoms with Crippen molar-refractivity contribution in [2.24, 2.45) is 0 Å². The molecule has 3 heteroatoms. The fourth-order valence-corrected chi connectivity index (χ4v) is 11.9. The van der Waals surface area contributed by atoms with Gasteiger partial charge in [0, 0.05) is 0 Å². The molecule has 0 saturated heterocycles. The second kappa shape index (κ2) is 13.2. The van der Waals surface area contributed by atoms with Crippen LogP contribution in [-0.4, -0.2) is 19.6 Å². The van der Waals surface area contributed by atoms with Crippen LogP contribution in [0.3, 0.4) is 0 Å². The molecule has 0 aliphatic rings. The van der Waals surface area contributed by atoms with E-state index in [-0.39, 0.29) is 5.97 Å². The maximum absolute atomic E-state index is 12.2. The van der Waals surface area contributed by atoms with Gasteiger partial charge < -0.3 is 0 Å². The Hall–Kier alpha value is -0.247. The molecule has 0 bridgehead atoms. The van der Waals surface area contributed by atoms with E-state index < -0.39 is 13.6 Å². The minimum atomic E-state index is -2.53. The molecule has 0 heterocycles. The molecule has 0 amide bonds. The van der Waals surface area contributed by atoms with Crippen LogP contribution in [-0.2, 0) is 8.56 Å². The Kier molecular flexibility index (Phi) is 13.1. The first-order chi connectivity index (χ1) is 10.5. The molecule has 0 spiro atoms. The van der Waals surface area contributed by atoms with Crippen molar-refractivity contribution >= 4 is 19.6 Å². The predicted octanol–water partition coefficient (Wildman–Crippen LogP) is 6.62. The number of rotatable bonds is 14. The van der Waals surface area contributed by atoms with Crippen molar-refractivity contribution in [2.75, 3.05) is 0 Å². The zero-order chi connectivity index (χ0) is 16.8. The molecule has 22 heavy (non-hydrogen) atoms. The third-order valence-electron chi connectivity index (χ3n) is 4.37. The summed E-state index contributed by atoms with van der Waals surface area (Å²) < 4.78 is 6.19. The van der Waals surface area contributed by atoms with Crippen LogP contribution in [0.5, 0.6) is 0 Å². The zero-order valence-electron chi connectivity index (χ0n) is 15.5. The number of hydrogen-bond acceptors (Lipinski definition) is 2. The monoisotopic (exact) mass is 372 g/mol. The van der Waals surface area contributed by atoms with Crippen LogP contribution in [0.15, 0.2) is 12.2 Å². The second-order valence-corrected chi connectivity index (χ2v) is 15.3. The fraction of sp³-hybridized carbons (Fsp3) is 0.842. The summed E-state index contributed by atoms with van der Waals surface area (Å²) in [5.41, 5.74) is 0.566. The SMILES string of the molecule is C=C(C)C(=O)[O][Ge]([CH2]CCCC)([CH2]CCCC)[CH2]CCCC. The first-order valence-electron chi connectivity index (χ1n) is 9.40. The summed E-state index contributed by atoms with van der Waals surface area (Å²) in [4.78, 5) is 12.2. The van der Waals surface area contributed by atoms with Crippen molar-refractivity contribution in [3.63, 3.8) is 0 Å². The molecule has 0 atom stereocenters. The van der Waals surface area contributed by atoms with E-state index in [0.29, 0.717) is 5.57 Å². The summed E-state index contributed by atoms with van der Waals surface area (Å²) in [6.07, 6.45) is 11.2. The first kappa shape index (κ1) is 21.8. The zero-order valence-corrected chi connectivity index (χ0v) is 17.6. The maximum atomic E-state index is 12.2. The van der Waals surface area contributed by atoms with E-state index in [9.17, 15) is 4.79 Å². The third kappa shape index (κ3) is 9.71. The molecular weight excluding hydrogens is 333 g/mol. The Morgan fingerprint density at radius 2 is 1.18 bits per heavy atom. The van der Waals surface area contributed by atoms with Crippen molar-refractivity contribution in [2.45, 2.75) is 101 Å². The molecule has 0 aliphatic carbocycles. The first-order valence-corrected chi connectivity index (χ1v) is 14.7. The van der Waals surface area contributed by atoms with Gasteiger partial charge in [-0.25, -0.2) is 0 Å². The van der Waals surface area contributed by atoms with E-state index in [1.165, 1.54) is 73.5 Å². The van der Waals surface area contributed by atoms with Crippen molar-refractivity contribution in [1.82, 2.24) is 0 Å². The van der Waals surface area contributed by atoms with Crippen molar-refractivity contribution in [3.05, 3.63) is 12.2 Å². The second-order valence-electron chi connectivity index (χ2n) is 6.72. The summed E-state index contributed by atoms with van der Waals surface area (Å²) in [7, 11) is 0. The summed E-state index contributed by atoms with van der Waals surface area (Å²) >= 11 is -2.53. The van der Waals surface area contributed by atoms with Crippen LogP contribution in [0.25, 0.3) is 0 Å². The Balaban J connectivity index is 4.91. The number of hydrogen-bond donors (Lipinski definition) is 0. The molecule has 0 saturated carbocycles. The van der Waals surface area contributed by atoms with Gasteiger partial charge in [-0.05, 0) is 0 Å². The van der Waals surface area contributed by atoms with Gasteiger partial charge in [-0.1, -0.05) is 0 Å². The molecular formula is C19H38GeO2. The summed E-state index contributed by atoms with van der Waals surface area (Å²) in [5.74, 6) is -0.121. The molecule has 0 aromatic carbocycles. The van der Waals surface area contributed by atoms with Crippen LogP contribution in [0.1, 0.15) is 85.5 Å². The normalized spacial score (nSPS) is 11.5. The van der Waals surface area contributed by atoms with Crippen LogP contribution in [0.4, 0.5) is 0 Å². The van der Waals surface area contributed by atoms with Crippen molar-refractivity contribution in [1.29, 1.82) is 0 Å². The fourth-order valence-electron chi connectivity index (χ4n) is 2.90. The Bertz CT molecular complexity index is 286. The van der Waals surface area contributed by atoms with Gasteiger partial charge in [0.1, 0.15) is 0 Å². The minimum absolute atomic E-state index is 0.121. The number of carbonyl (C=O) groups excluding carboxylic acids is 1. The van der Waals surface area contributed by atoms with E-state index >= 15 is 0 Å². The van der Waals surface area contributed by atoms with Crippen LogP contribution < -0.4 is 0 Å². The topological polar surface area (TPSA) is 26.3 Å². The standard InChI is InChI=1S/C19H38GeO2/c1-6-9-12-15-20(16-13-10-7-2,17-14-11-8-3)22-19(21)18(4)5/h4,6-17H2,1-3,5H3. The van der Waals surface area contributed by atoms with Crippen LogP contribution >= 0.6 is 0 Å². The van der Waals surface area contributed by atoms with Gasteiger partial charge in [0.15, 0.2) is 0 Å². The van der Waals surface area contributed by atoms with Crippen molar-refractivity contribution < 1.29 is 8.56 Å². The third-order valence-corrected chi connectivity index (χ3v) is 13.6. The van der Waals surface area contributed by atoms with Crippen molar-refractivity contribution in [3.8, 4) is 0 Å². The van der Waals surface area contributed by atoms with E-state index in [1.54, 1.807) is 6.92 Å². The summed E-state index contributed by atoms with van der Waals surface area (Å²) in [6.45, 7) is 12.3. The Labute approximate surface area is 141 Å². The van der Waals surface area contributed by atoms with E-state index in [4.69, 9.17) is 3.76 Å².